The van der Waals surface area contributed by atoms with Crippen molar-refractivity contribution in [2.75, 3.05) is 24.2 Å². The summed E-state index contributed by atoms with van der Waals surface area (Å²) in [5, 5.41) is 3.28. The lowest BCUT2D eigenvalue weighted by molar-refractivity contribution is -0.140. The Kier molecular flexibility index (Phi) is 10.8. The van der Waals surface area contributed by atoms with Gasteiger partial charge < -0.3 is 15.0 Å². The molecule has 0 aliphatic rings. The molecule has 1 N–H and O–H groups in total. The lowest BCUT2D eigenvalue weighted by Crippen LogP contribution is -2.54. The Balaban J connectivity index is 2.09. The Morgan fingerprint density at radius 3 is 2.25 bits per heavy atom. The van der Waals surface area contributed by atoms with Crippen molar-refractivity contribution in [2.45, 2.75) is 38.9 Å². The number of hydrogen-bond acceptors (Lipinski definition) is 5. The first-order valence-corrected chi connectivity index (χ1v) is 15.2. The second-order valence-electron chi connectivity index (χ2n) is 9.61. The van der Waals surface area contributed by atoms with Crippen molar-refractivity contribution in [3.8, 4) is 5.75 Å². The van der Waals surface area contributed by atoms with E-state index in [2.05, 4.69) is 5.32 Å². The van der Waals surface area contributed by atoms with Crippen LogP contribution in [0.25, 0.3) is 0 Å². The van der Waals surface area contributed by atoms with Crippen molar-refractivity contribution < 1.29 is 22.7 Å². The molecule has 214 valence electrons. The fraction of sp³-hybridized carbons (Fsp3) is 0.310. The lowest BCUT2D eigenvalue weighted by Gasteiger charge is -2.34. The molecule has 8 nitrogen and oxygen atoms in total. The number of benzene rings is 3. The van der Waals surface area contributed by atoms with Crippen molar-refractivity contribution in [1.29, 1.82) is 0 Å². The van der Waals surface area contributed by atoms with E-state index in [-0.39, 0.29) is 40.6 Å². The van der Waals surface area contributed by atoms with Crippen molar-refractivity contribution in [3.63, 3.8) is 0 Å². The van der Waals surface area contributed by atoms with Gasteiger partial charge in [-0.2, -0.15) is 0 Å². The van der Waals surface area contributed by atoms with Gasteiger partial charge in [0, 0.05) is 24.0 Å². The fourth-order valence-corrected chi connectivity index (χ4v) is 5.46. The average molecular weight is 607 g/mol. The van der Waals surface area contributed by atoms with Crippen LogP contribution in [0.1, 0.15) is 25.0 Å². The minimum atomic E-state index is -3.97. The summed E-state index contributed by atoms with van der Waals surface area (Å²) in [6.07, 6.45) is 1.20. The first-order chi connectivity index (χ1) is 18.9. The van der Waals surface area contributed by atoms with Gasteiger partial charge in [-0.1, -0.05) is 65.7 Å². The Hall–Kier alpha value is -3.27. The predicted octanol–water partition coefficient (Wildman–Crippen LogP) is 4.93. The summed E-state index contributed by atoms with van der Waals surface area (Å²) in [4.78, 5) is 29.1. The quantitative estimate of drug-likeness (QED) is 0.316. The molecular weight excluding hydrogens is 573 g/mol. The summed E-state index contributed by atoms with van der Waals surface area (Å²) in [5.41, 5.74) is 1.61. The zero-order valence-corrected chi connectivity index (χ0v) is 25.1. The molecule has 0 saturated carbocycles. The molecule has 0 radical (unpaired) electrons. The third-order valence-electron chi connectivity index (χ3n) is 6.05. The molecule has 0 saturated heterocycles. The van der Waals surface area contributed by atoms with Gasteiger partial charge in [-0.3, -0.25) is 13.9 Å². The number of ether oxygens (including phenoxy) is 1. The van der Waals surface area contributed by atoms with E-state index in [1.165, 1.54) is 30.2 Å². The number of hydrogen-bond donors (Lipinski definition) is 1. The van der Waals surface area contributed by atoms with Gasteiger partial charge in [-0.05, 0) is 55.3 Å². The van der Waals surface area contributed by atoms with Crippen LogP contribution in [0.4, 0.5) is 5.69 Å². The molecule has 0 bridgehead atoms. The van der Waals surface area contributed by atoms with Crippen molar-refractivity contribution >= 4 is 50.7 Å². The van der Waals surface area contributed by atoms with Crippen LogP contribution < -0.4 is 14.4 Å². The monoisotopic (exact) mass is 605 g/mol. The highest BCUT2D eigenvalue weighted by Gasteiger charge is 2.33. The summed E-state index contributed by atoms with van der Waals surface area (Å²) in [5.74, 6) is -0.370. The van der Waals surface area contributed by atoms with Crippen molar-refractivity contribution in [2.24, 2.45) is 0 Å². The molecule has 3 aromatic rings. The van der Waals surface area contributed by atoms with Crippen LogP contribution in [-0.2, 0) is 32.6 Å². The zero-order valence-electron chi connectivity index (χ0n) is 22.8. The van der Waals surface area contributed by atoms with Crippen LogP contribution in [0.5, 0.6) is 5.75 Å². The Morgan fingerprint density at radius 2 is 1.62 bits per heavy atom. The number of amides is 2. The smallest absolute Gasteiger partial charge is 0.244 e. The van der Waals surface area contributed by atoms with E-state index in [0.29, 0.717) is 11.3 Å². The molecule has 40 heavy (non-hydrogen) atoms. The van der Waals surface area contributed by atoms with Gasteiger partial charge in [0.15, 0.2) is 0 Å². The highest BCUT2D eigenvalue weighted by Crippen LogP contribution is 2.31. The van der Waals surface area contributed by atoms with Gasteiger partial charge >= 0.3 is 0 Å². The maximum Gasteiger partial charge on any atom is 0.244 e. The van der Waals surface area contributed by atoms with Crippen LogP contribution in [-0.4, -0.2) is 57.1 Å². The maximum atomic E-state index is 14.1. The normalized spacial score (nSPS) is 12.1. The Labute approximate surface area is 245 Å². The number of rotatable bonds is 12. The number of carbonyl (C=O) groups is 2. The van der Waals surface area contributed by atoms with Crippen LogP contribution in [0.3, 0.4) is 0 Å². The fourth-order valence-electron chi connectivity index (χ4n) is 4.17. The number of sulfonamides is 1. The molecule has 0 aromatic heterocycles. The number of nitrogens with one attached hydrogen (secondary N) is 1. The number of nitrogens with zero attached hydrogens (tertiary/aromatic N) is 2. The van der Waals surface area contributed by atoms with E-state index >= 15 is 0 Å². The van der Waals surface area contributed by atoms with Crippen LogP contribution >= 0.6 is 23.2 Å². The summed E-state index contributed by atoms with van der Waals surface area (Å²) < 4.78 is 32.0. The zero-order chi connectivity index (χ0) is 29.4. The molecule has 0 aliphatic heterocycles. The maximum absolute atomic E-state index is 14.1. The minimum Gasteiger partial charge on any atom is -0.497 e. The largest absolute Gasteiger partial charge is 0.497 e. The molecule has 0 aliphatic carbocycles. The van der Waals surface area contributed by atoms with Crippen LogP contribution in [0.15, 0.2) is 72.8 Å². The van der Waals surface area contributed by atoms with E-state index < -0.39 is 28.5 Å². The van der Waals surface area contributed by atoms with Gasteiger partial charge in [0.05, 0.1) is 24.1 Å². The second-order valence-corrected chi connectivity index (χ2v) is 12.4. The highest BCUT2D eigenvalue weighted by atomic mass is 35.5. The van der Waals surface area contributed by atoms with E-state index in [4.69, 9.17) is 27.9 Å². The Bertz CT molecular complexity index is 1430. The van der Waals surface area contributed by atoms with E-state index in [1.807, 2.05) is 50.2 Å². The summed E-state index contributed by atoms with van der Waals surface area (Å²) in [7, 11) is -2.43. The third kappa shape index (κ3) is 8.61. The Morgan fingerprint density at radius 1 is 0.950 bits per heavy atom. The average Bonchev–Trinajstić information content (AvgIpc) is 2.90. The third-order valence-corrected chi connectivity index (χ3v) is 7.73. The van der Waals surface area contributed by atoms with Gasteiger partial charge in [-0.25, -0.2) is 8.42 Å². The molecule has 0 fully saturated rings. The first kappa shape index (κ1) is 31.3. The van der Waals surface area contributed by atoms with Gasteiger partial charge in [0.2, 0.25) is 21.8 Å². The second kappa shape index (κ2) is 13.9. The van der Waals surface area contributed by atoms with Crippen LogP contribution in [0, 0.1) is 0 Å². The molecule has 1 atom stereocenters. The van der Waals surface area contributed by atoms with E-state index in [0.717, 1.165) is 16.1 Å². The van der Waals surface area contributed by atoms with Crippen molar-refractivity contribution in [1.82, 2.24) is 10.2 Å². The molecule has 11 heteroatoms. The molecular formula is C29H33Cl2N3O5S. The molecule has 0 heterocycles. The molecule has 0 unspecified atom stereocenters. The number of methoxy groups -OCH3 is 1. The number of halogens is 2. The van der Waals surface area contributed by atoms with E-state index in [1.54, 1.807) is 18.2 Å². The first-order valence-electron chi connectivity index (χ1n) is 12.6. The van der Waals surface area contributed by atoms with E-state index in [9.17, 15) is 18.0 Å². The SMILES string of the molecule is COc1cccc(CN(C(=O)CN(c2cc(Cl)ccc2Cl)S(C)(=O)=O)[C@@H](Cc2ccccc2)C(=O)NC(C)C)c1. The summed E-state index contributed by atoms with van der Waals surface area (Å²) in [6, 6.07) is 19.7. The van der Waals surface area contributed by atoms with Gasteiger partial charge in [-0.15, -0.1) is 0 Å². The highest BCUT2D eigenvalue weighted by molar-refractivity contribution is 7.92. The number of carbonyl (C=O) groups excluding carboxylic acids is 2. The predicted molar refractivity (Wildman–Crippen MR) is 159 cm³/mol. The minimum absolute atomic E-state index is 0.0277. The lowest BCUT2D eigenvalue weighted by atomic mass is 10.0. The number of anilines is 1. The summed E-state index contributed by atoms with van der Waals surface area (Å²) >= 11 is 12.5. The molecule has 3 aromatic carbocycles. The standard InChI is InChI=1S/C29H33Cl2N3O5S/c1-20(2)32-29(36)27(16-21-9-6-5-7-10-21)33(18-22-11-8-12-24(15-22)39-3)28(35)19-34(40(4,37)38)26-17-23(30)13-14-25(26)31/h5-15,17,20,27H,16,18-19H2,1-4H3,(H,32,36)/t27-/m0/s1. The molecule has 3 rings (SSSR count). The van der Waals surface area contributed by atoms with Gasteiger partial charge in [0.25, 0.3) is 0 Å². The molecule has 0 spiro atoms. The topological polar surface area (TPSA) is 96.0 Å². The summed E-state index contributed by atoms with van der Waals surface area (Å²) in [6.45, 7) is 3.10. The van der Waals surface area contributed by atoms with Crippen molar-refractivity contribution in [3.05, 3.63) is 94.0 Å². The molecule has 2 amide bonds. The van der Waals surface area contributed by atoms with Crippen LogP contribution in [0.2, 0.25) is 10.0 Å². The van der Waals surface area contributed by atoms with Gasteiger partial charge in [0.1, 0.15) is 18.3 Å².